The monoisotopic (exact) mass is 300 g/mol. The van der Waals surface area contributed by atoms with E-state index in [0.29, 0.717) is 18.7 Å². The van der Waals surface area contributed by atoms with Crippen molar-refractivity contribution in [2.45, 2.75) is 24.7 Å². The quantitative estimate of drug-likeness (QED) is 0.922. The van der Waals surface area contributed by atoms with E-state index in [1.807, 2.05) is 7.05 Å². The summed E-state index contributed by atoms with van der Waals surface area (Å²) in [6, 6.07) is 4.26. The van der Waals surface area contributed by atoms with Crippen LogP contribution in [0.1, 0.15) is 18.4 Å². The maximum atomic E-state index is 13.9. The molecule has 1 aliphatic heterocycles. The lowest BCUT2D eigenvalue weighted by atomic mass is 10.00. The number of nitrogens with zero attached hydrogens (tertiary/aromatic N) is 1. The van der Waals surface area contributed by atoms with E-state index in [2.05, 4.69) is 5.32 Å². The summed E-state index contributed by atoms with van der Waals surface area (Å²) >= 11 is 0. The Labute approximate surface area is 120 Å². The molecule has 0 aromatic heterocycles. The molecule has 0 unspecified atom stereocenters. The maximum absolute atomic E-state index is 13.9. The molecule has 0 bridgehead atoms. The lowest BCUT2D eigenvalue weighted by molar-refractivity contribution is 0.263. The number of rotatable bonds is 4. The van der Waals surface area contributed by atoms with Crippen molar-refractivity contribution >= 4 is 10.0 Å². The van der Waals surface area contributed by atoms with Gasteiger partial charge >= 0.3 is 0 Å². The summed E-state index contributed by atoms with van der Waals surface area (Å²) in [5, 5.41) is 3.07. The molecule has 2 rings (SSSR count). The smallest absolute Gasteiger partial charge is 0.245 e. The van der Waals surface area contributed by atoms with Crippen LogP contribution in [0.4, 0.5) is 4.39 Å². The molecule has 0 aliphatic carbocycles. The third kappa shape index (κ3) is 3.19. The fourth-order valence-electron chi connectivity index (χ4n) is 2.65. The molecule has 1 atom stereocenters. The van der Waals surface area contributed by atoms with E-state index in [1.165, 1.54) is 16.4 Å². The van der Waals surface area contributed by atoms with Gasteiger partial charge in [0.1, 0.15) is 10.7 Å². The van der Waals surface area contributed by atoms with Gasteiger partial charge in [0.05, 0.1) is 0 Å². The normalized spacial score (nSPS) is 21.1. The largest absolute Gasteiger partial charge is 0.319 e. The predicted molar refractivity (Wildman–Crippen MR) is 76.5 cm³/mol. The Morgan fingerprint density at radius 1 is 1.45 bits per heavy atom. The standard InChI is InChI=1S/C14H21FN2O2S/c1-11-5-6-14(13(15)8-11)20(18,19)17-7-3-4-12(10-17)9-16-2/h5-6,8,12,16H,3-4,7,9-10H2,1-2H3/t12-/m0/s1. The van der Waals surface area contributed by atoms with Gasteiger partial charge < -0.3 is 5.32 Å². The van der Waals surface area contributed by atoms with Crippen LogP contribution in [0.15, 0.2) is 23.1 Å². The van der Waals surface area contributed by atoms with Gasteiger partial charge in [-0.25, -0.2) is 12.8 Å². The highest BCUT2D eigenvalue weighted by molar-refractivity contribution is 7.89. The molecular weight excluding hydrogens is 279 g/mol. The molecule has 1 aromatic rings. The molecular formula is C14H21FN2O2S. The molecule has 0 saturated carbocycles. The molecule has 1 saturated heterocycles. The fourth-order valence-corrected chi connectivity index (χ4v) is 4.25. The van der Waals surface area contributed by atoms with Crippen molar-refractivity contribution in [3.8, 4) is 0 Å². The van der Waals surface area contributed by atoms with Crippen molar-refractivity contribution in [1.82, 2.24) is 9.62 Å². The highest BCUT2D eigenvalue weighted by atomic mass is 32.2. The lowest BCUT2D eigenvalue weighted by Gasteiger charge is -2.31. The molecule has 1 fully saturated rings. The zero-order valence-electron chi connectivity index (χ0n) is 11.9. The molecule has 0 amide bonds. The van der Waals surface area contributed by atoms with E-state index < -0.39 is 15.8 Å². The van der Waals surface area contributed by atoms with Crippen LogP contribution in [0.3, 0.4) is 0 Å². The molecule has 1 N–H and O–H groups in total. The number of hydrogen-bond donors (Lipinski definition) is 1. The lowest BCUT2D eigenvalue weighted by Crippen LogP contribution is -2.42. The topological polar surface area (TPSA) is 49.4 Å². The van der Waals surface area contributed by atoms with Crippen molar-refractivity contribution in [2.24, 2.45) is 5.92 Å². The van der Waals surface area contributed by atoms with Crippen molar-refractivity contribution in [3.63, 3.8) is 0 Å². The number of benzene rings is 1. The summed E-state index contributed by atoms with van der Waals surface area (Å²) in [4.78, 5) is -0.215. The number of piperidine rings is 1. The van der Waals surface area contributed by atoms with Crippen molar-refractivity contribution < 1.29 is 12.8 Å². The summed E-state index contributed by atoms with van der Waals surface area (Å²) in [6.45, 7) is 3.44. The highest BCUT2D eigenvalue weighted by Crippen LogP contribution is 2.25. The van der Waals surface area contributed by atoms with Crippen LogP contribution in [-0.4, -0.2) is 39.4 Å². The first kappa shape index (κ1) is 15.4. The number of nitrogens with one attached hydrogen (secondary N) is 1. The van der Waals surface area contributed by atoms with E-state index in [9.17, 15) is 12.8 Å². The predicted octanol–water partition coefficient (Wildman–Crippen LogP) is 1.75. The van der Waals surface area contributed by atoms with Crippen LogP contribution in [0.5, 0.6) is 0 Å². The van der Waals surface area contributed by atoms with Gasteiger partial charge in [-0.1, -0.05) is 6.07 Å². The minimum Gasteiger partial charge on any atom is -0.319 e. The summed E-state index contributed by atoms with van der Waals surface area (Å²) in [5.41, 5.74) is 0.716. The van der Waals surface area contributed by atoms with Crippen molar-refractivity contribution in [2.75, 3.05) is 26.7 Å². The van der Waals surface area contributed by atoms with Gasteiger partial charge in [0.25, 0.3) is 0 Å². The SMILES string of the molecule is CNC[C@@H]1CCCN(S(=O)(=O)c2ccc(C)cc2F)C1. The number of halogens is 1. The summed E-state index contributed by atoms with van der Waals surface area (Å²) < 4.78 is 40.4. The summed E-state index contributed by atoms with van der Waals surface area (Å²) in [7, 11) is -1.88. The van der Waals surface area contributed by atoms with E-state index in [-0.39, 0.29) is 10.8 Å². The van der Waals surface area contributed by atoms with Gasteiger partial charge in [-0.3, -0.25) is 0 Å². The number of hydrogen-bond acceptors (Lipinski definition) is 3. The van der Waals surface area contributed by atoms with E-state index >= 15 is 0 Å². The highest BCUT2D eigenvalue weighted by Gasteiger charge is 2.31. The van der Waals surface area contributed by atoms with Gasteiger partial charge in [-0.15, -0.1) is 0 Å². The third-order valence-corrected chi connectivity index (χ3v) is 5.58. The first-order valence-electron chi connectivity index (χ1n) is 6.86. The molecule has 1 aliphatic rings. The van der Waals surface area contributed by atoms with Crippen LogP contribution in [0.25, 0.3) is 0 Å². The van der Waals surface area contributed by atoms with Crippen LogP contribution in [0.2, 0.25) is 0 Å². The fraction of sp³-hybridized carbons (Fsp3) is 0.571. The summed E-state index contributed by atoms with van der Waals surface area (Å²) in [6.07, 6.45) is 1.82. The molecule has 112 valence electrons. The maximum Gasteiger partial charge on any atom is 0.245 e. The molecule has 6 heteroatoms. The molecule has 0 radical (unpaired) electrons. The van der Waals surface area contributed by atoms with Gasteiger partial charge in [-0.05, 0) is 57.0 Å². The second-order valence-corrected chi connectivity index (χ2v) is 7.27. The third-order valence-electron chi connectivity index (χ3n) is 3.68. The van der Waals surface area contributed by atoms with E-state index in [1.54, 1.807) is 13.0 Å². The average molecular weight is 300 g/mol. The molecule has 4 nitrogen and oxygen atoms in total. The van der Waals surface area contributed by atoms with Gasteiger partial charge in [0, 0.05) is 13.1 Å². The van der Waals surface area contributed by atoms with E-state index in [4.69, 9.17) is 0 Å². The minimum atomic E-state index is -3.73. The van der Waals surface area contributed by atoms with Gasteiger partial charge in [0.2, 0.25) is 10.0 Å². The van der Waals surface area contributed by atoms with Crippen LogP contribution in [0, 0.1) is 18.7 Å². The Hall–Kier alpha value is -0.980. The van der Waals surface area contributed by atoms with Crippen molar-refractivity contribution in [3.05, 3.63) is 29.6 Å². The number of sulfonamides is 1. The first-order chi connectivity index (χ1) is 9.45. The van der Waals surface area contributed by atoms with Gasteiger partial charge in [0.15, 0.2) is 0 Å². The van der Waals surface area contributed by atoms with Crippen LogP contribution < -0.4 is 5.32 Å². The van der Waals surface area contributed by atoms with E-state index in [0.717, 1.165) is 19.4 Å². The Morgan fingerprint density at radius 2 is 2.20 bits per heavy atom. The molecule has 0 spiro atoms. The Bertz CT molecular complexity index is 573. The second-order valence-electron chi connectivity index (χ2n) is 5.36. The molecule has 20 heavy (non-hydrogen) atoms. The minimum absolute atomic E-state index is 0.215. The Balaban J connectivity index is 2.25. The van der Waals surface area contributed by atoms with Gasteiger partial charge in [-0.2, -0.15) is 4.31 Å². The average Bonchev–Trinajstić information content (AvgIpc) is 2.39. The second kappa shape index (κ2) is 6.20. The van der Waals surface area contributed by atoms with Crippen LogP contribution >= 0.6 is 0 Å². The zero-order valence-corrected chi connectivity index (χ0v) is 12.7. The van der Waals surface area contributed by atoms with Crippen molar-refractivity contribution in [1.29, 1.82) is 0 Å². The first-order valence-corrected chi connectivity index (χ1v) is 8.30. The summed E-state index contributed by atoms with van der Waals surface area (Å²) in [5.74, 6) is -0.377. The number of aryl methyl sites for hydroxylation is 1. The van der Waals surface area contributed by atoms with Crippen LogP contribution in [-0.2, 0) is 10.0 Å². The Morgan fingerprint density at radius 3 is 2.85 bits per heavy atom. The molecule has 1 heterocycles. The molecule has 1 aromatic carbocycles. The zero-order chi connectivity index (χ0) is 14.8. The Kier molecular flexibility index (Phi) is 4.78.